The zero-order chi connectivity index (χ0) is 23.7. The Hall–Kier alpha value is -3.81. The average Bonchev–Trinajstić information content (AvgIpc) is 3.51. The molecule has 0 unspecified atom stereocenters. The molecule has 1 saturated carbocycles. The minimum Gasteiger partial charge on any atom is -0.465 e. The Balaban J connectivity index is 1.44. The van der Waals surface area contributed by atoms with Crippen LogP contribution < -0.4 is 0 Å². The molecule has 1 aromatic carbocycles. The van der Waals surface area contributed by atoms with Crippen molar-refractivity contribution in [3.8, 4) is 11.4 Å². The van der Waals surface area contributed by atoms with Crippen LogP contribution in [0.15, 0.2) is 60.9 Å². The number of benzene rings is 1. The van der Waals surface area contributed by atoms with Crippen LogP contribution >= 0.6 is 0 Å². The first-order valence-corrected chi connectivity index (χ1v) is 11.5. The summed E-state index contributed by atoms with van der Waals surface area (Å²) in [5.41, 5.74) is 2.66. The molecule has 1 saturated heterocycles. The topological polar surface area (TPSA) is 99.5 Å². The third kappa shape index (κ3) is 4.48. The highest BCUT2D eigenvalue weighted by Crippen LogP contribution is 2.55. The minimum absolute atomic E-state index is 0.102. The van der Waals surface area contributed by atoms with E-state index in [0.717, 1.165) is 30.5 Å². The van der Waals surface area contributed by atoms with Crippen molar-refractivity contribution in [3.05, 3.63) is 77.9 Å². The zero-order valence-electron chi connectivity index (χ0n) is 19.1. The lowest BCUT2D eigenvalue weighted by molar-refractivity contribution is 0.0678. The van der Waals surface area contributed by atoms with Crippen molar-refractivity contribution in [2.75, 3.05) is 13.1 Å². The van der Waals surface area contributed by atoms with E-state index in [1.165, 1.54) is 4.90 Å². The van der Waals surface area contributed by atoms with E-state index in [1.807, 2.05) is 54.3 Å². The molecule has 1 spiro atoms. The summed E-state index contributed by atoms with van der Waals surface area (Å²) in [5, 5.41) is 9.91. The number of aromatic nitrogens is 3. The summed E-state index contributed by atoms with van der Waals surface area (Å²) in [4.78, 5) is 42.4. The summed E-state index contributed by atoms with van der Waals surface area (Å²) in [6, 6.07) is 14.7. The highest BCUT2D eigenvalue weighted by Gasteiger charge is 2.54. The summed E-state index contributed by atoms with van der Waals surface area (Å²) in [5.74, 6) is 0.261. The van der Waals surface area contributed by atoms with Gasteiger partial charge >= 0.3 is 6.09 Å². The van der Waals surface area contributed by atoms with E-state index in [-0.39, 0.29) is 30.5 Å². The van der Waals surface area contributed by atoms with Gasteiger partial charge in [-0.05, 0) is 55.4 Å². The maximum atomic E-state index is 13.9. The monoisotopic (exact) mass is 457 g/mol. The van der Waals surface area contributed by atoms with Crippen LogP contribution in [-0.2, 0) is 6.54 Å². The number of carbonyl (C=O) groups excluding carboxylic acids is 1. The first-order chi connectivity index (χ1) is 16.4. The number of hydrogen-bond donors (Lipinski definition) is 1. The van der Waals surface area contributed by atoms with Crippen LogP contribution in [0.5, 0.6) is 0 Å². The predicted molar refractivity (Wildman–Crippen MR) is 126 cm³/mol. The number of hydrogen-bond acceptors (Lipinski definition) is 5. The second-order valence-corrected chi connectivity index (χ2v) is 9.36. The smallest absolute Gasteiger partial charge is 0.407 e. The van der Waals surface area contributed by atoms with Crippen molar-refractivity contribution in [2.24, 2.45) is 5.41 Å². The van der Waals surface area contributed by atoms with E-state index >= 15 is 0 Å². The maximum Gasteiger partial charge on any atom is 0.407 e. The van der Waals surface area contributed by atoms with E-state index in [1.54, 1.807) is 18.5 Å². The SMILES string of the molecule is Cc1ccc(-c2ncccn2)c(C(=O)N2CC3(CC3)C[C@H]2CN(Cc2ccccc2)C(=O)O)n1. The fourth-order valence-electron chi connectivity index (χ4n) is 4.85. The van der Waals surface area contributed by atoms with Gasteiger partial charge < -0.3 is 14.9 Å². The Morgan fingerprint density at radius 3 is 2.50 bits per heavy atom. The molecular formula is C26H27N5O3. The predicted octanol–water partition coefficient (Wildman–Crippen LogP) is 4.02. The van der Waals surface area contributed by atoms with Crippen LogP contribution in [0.3, 0.4) is 0 Å². The Morgan fingerprint density at radius 1 is 1.09 bits per heavy atom. The molecule has 5 rings (SSSR count). The maximum absolute atomic E-state index is 13.9. The molecule has 0 radical (unpaired) electrons. The van der Waals surface area contributed by atoms with Gasteiger partial charge in [0.05, 0.1) is 11.6 Å². The van der Waals surface area contributed by atoms with Gasteiger partial charge in [-0.15, -0.1) is 0 Å². The highest BCUT2D eigenvalue weighted by atomic mass is 16.4. The number of pyridine rings is 1. The molecule has 2 aromatic heterocycles. The first kappa shape index (κ1) is 22.0. The van der Waals surface area contributed by atoms with Gasteiger partial charge in [0.15, 0.2) is 5.82 Å². The van der Waals surface area contributed by atoms with Gasteiger partial charge in [-0.3, -0.25) is 4.79 Å². The molecule has 3 aromatic rings. The normalized spacial score (nSPS) is 18.1. The summed E-state index contributed by atoms with van der Waals surface area (Å²) < 4.78 is 0. The van der Waals surface area contributed by atoms with E-state index in [0.29, 0.717) is 23.6 Å². The molecule has 1 aliphatic heterocycles. The highest BCUT2D eigenvalue weighted by molar-refractivity contribution is 5.98. The number of rotatable bonds is 6. The Morgan fingerprint density at radius 2 is 1.82 bits per heavy atom. The van der Waals surface area contributed by atoms with Crippen LogP contribution in [0.25, 0.3) is 11.4 Å². The molecule has 1 atom stereocenters. The van der Waals surface area contributed by atoms with Gasteiger partial charge in [0.2, 0.25) is 0 Å². The van der Waals surface area contributed by atoms with Crippen LogP contribution in [-0.4, -0.2) is 61.0 Å². The molecule has 1 N–H and O–H groups in total. The third-order valence-corrected chi connectivity index (χ3v) is 6.79. The van der Waals surface area contributed by atoms with Crippen LogP contribution in [0.4, 0.5) is 4.79 Å². The fourth-order valence-corrected chi connectivity index (χ4v) is 4.85. The van der Waals surface area contributed by atoms with E-state index in [9.17, 15) is 14.7 Å². The lowest BCUT2D eigenvalue weighted by Gasteiger charge is -2.29. The Kier molecular flexibility index (Phi) is 5.73. The molecule has 8 heteroatoms. The van der Waals surface area contributed by atoms with Gasteiger partial charge in [-0.1, -0.05) is 30.3 Å². The zero-order valence-corrected chi connectivity index (χ0v) is 19.1. The second-order valence-electron chi connectivity index (χ2n) is 9.36. The third-order valence-electron chi connectivity index (χ3n) is 6.79. The van der Waals surface area contributed by atoms with Gasteiger partial charge in [-0.25, -0.2) is 19.7 Å². The molecule has 0 bridgehead atoms. The average molecular weight is 458 g/mol. The molecule has 8 nitrogen and oxygen atoms in total. The number of nitrogens with zero attached hydrogens (tertiary/aromatic N) is 5. The summed E-state index contributed by atoms with van der Waals surface area (Å²) in [7, 11) is 0. The minimum atomic E-state index is -0.986. The lowest BCUT2D eigenvalue weighted by atomic mass is 10.0. The van der Waals surface area contributed by atoms with Crippen molar-refractivity contribution in [2.45, 2.75) is 38.8 Å². The van der Waals surface area contributed by atoms with Gasteiger partial charge in [0.1, 0.15) is 5.69 Å². The largest absolute Gasteiger partial charge is 0.465 e. The quantitative estimate of drug-likeness (QED) is 0.600. The number of aryl methyl sites for hydroxylation is 1. The number of carboxylic acid groups (broad SMARTS) is 1. The number of likely N-dealkylation sites (tertiary alicyclic amines) is 1. The molecule has 2 amide bonds. The standard InChI is InChI=1S/C26H27N5O3/c1-18-8-9-21(23-27-12-5-13-28-23)22(29-18)24(32)31-17-26(10-11-26)14-20(31)16-30(25(33)34)15-19-6-3-2-4-7-19/h2-9,12-13,20H,10-11,14-17H2,1H3,(H,33,34)/t20-/m0/s1. The van der Waals surface area contributed by atoms with Gasteiger partial charge in [0, 0.05) is 37.7 Å². The van der Waals surface area contributed by atoms with Gasteiger partial charge in [-0.2, -0.15) is 0 Å². The van der Waals surface area contributed by atoms with E-state index in [2.05, 4.69) is 15.0 Å². The van der Waals surface area contributed by atoms with E-state index in [4.69, 9.17) is 0 Å². The first-order valence-electron chi connectivity index (χ1n) is 11.5. The van der Waals surface area contributed by atoms with Crippen molar-refractivity contribution < 1.29 is 14.7 Å². The molecule has 2 aliphatic rings. The Labute approximate surface area is 198 Å². The molecule has 3 heterocycles. The summed E-state index contributed by atoms with van der Waals surface area (Å²) in [6.45, 7) is 3.02. The van der Waals surface area contributed by atoms with Crippen LogP contribution in [0.2, 0.25) is 0 Å². The number of carbonyl (C=O) groups is 2. The van der Waals surface area contributed by atoms with Crippen molar-refractivity contribution in [1.82, 2.24) is 24.8 Å². The van der Waals surface area contributed by atoms with Crippen LogP contribution in [0.1, 0.15) is 41.0 Å². The Bertz CT molecular complexity index is 1200. The summed E-state index contributed by atoms with van der Waals surface area (Å²) in [6.07, 6.45) is 5.23. The van der Waals surface area contributed by atoms with Crippen molar-refractivity contribution in [3.63, 3.8) is 0 Å². The van der Waals surface area contributed by atoms with Gasteiger partial charge in [0.25, 0.3) is 5.91 Å². The van der Waals surface area contributed by atoms with Crippen LogP contribution in [0, 0.1) is 12.3 Å². The fraction of sp³-hybridized carbons (Fsp3) is 0.346. The second kappa shape index (κ2) is 8.85. The molecule has 34 heavy (non-hydrogen) atoms. The molecule has 174 valence electrons. The molecule has 1 aliphatic carbocycles. The lowest BCUT2D eigenvalue weighted by Crippen LogP contribution is -2.45. The van der Waals surface area contributed by atoms with E-state index < -0.39 is 6.09 Å². The summed E-state index contributed by atoms with van der Waals surface area (Å²) >= 11 is 0. The molecule has 2 fully saturated rings. The molecular weight excluding hydrogens is 430 g/mol. The van der Waals surface area contributed by atoms with Crippen molar-refractivity contribution >= 4 is 12.0 Å². The van der Waals surface area contributed by atoms with Crippen molar-refractivity contribution in [1.29, 1.82) is 0 Å². The number of amides is 2.